The van der Waals surface area contributed by atoms with Gasteiger partial charge in [-0.1, -0.05) is 0 Å². The third-order valence-corrected chi connectivity index (χ3v) is 2.82. The Morgan fingerprint density at radius 3 is 2.58 bits per heavy atom. The van der Waals surface area contributed by atoms with Crippen molar-refractivity contribution < 1.29 is 19.1 Å². The van der Waals surface area contributed by atoms with Crippen molar-refractivity contribution in [2.45, 2.75) is 71.1 Å². The zero-order valence-electron chi connectivity index (χ0n) is 12.3. The minimum atomic E-state index is -0.629. The van der Waals surface area contributed by atoms with Gasteiger partial charge in [0.25, 0.3) is 0 Å². The molecule has 1 aliphatic heterocycles. The minimum absolute atomic E-state index is 0.0143. The third kappa shape index (κ3) is 6.57. The summed E-state index contributed by atoms with van der Waals surface area (Å²) in [7, 11) is 0. The summed E-state index contributed by atoms with van der Waals surface area (Å²) in [5, 5.41) is 2.66. The number of esters is 1. The summed E-state index contributed by atoms with van der Waals surface area (Å²) < 4.78 is 10.7. The van der Waals surface area contributed by atoms with Crippen molar-refractivity contribution in [2.75, 3.05) is 6.61 Å². The average molecular weight is 271 g/mol. The molecular formula is C14H25NO4. The number of ether oxygens (including phenoxy) is 2. The molecule has 0 aromatic rings. The van der Waals surface area contributed by atoms with E-state index >= 15 is 0 Å². The van der Waals surface area contributed by atoms with Gasteiger partial charge in [-0.05, 0) is 47.0 Å². The van der Waals surface area contributed by atoms with Gasteiger partial charge in [-0.15, -0.1) is 0 Å². The first-order valence-corrected chi connectivity index (χ1v) is 6.92. The molecule has 110 valence electrons. The summed E-state index contributed by atoms with van der Waals surface area (Å²) in [5.74, 6) is -0.573. The highest BCUT2D eigenvalue weighted by Gasteiger charge is 2.24. The highest BCUT2D eigenvalue weighted by Crippen LogP contribution is 2.15. The molecule has 5 heteroatoms. The number of rotatable bonds is 4. The molecule has 1 saturated heterocycles. The summed E-state index contributed by atoms with van der Waals surface area (Å²) in [5.41, 5.74) is -0.539. The molecule has 1 unspecified atom stereocenters. The van der Waals surface area contributed by atoms with Crippen molar-refractivity contribution in [3.05, 3.63) is 0 Å². The van der Waals surface area contributed by atoms with Crippen LogP contribution in [0, 0.1) is 0 Å². The summed E-state index contributed by atoms with van der Waals surface area (Å²) >= 11 is 0. The zero-order chi connectivity index (χ0) is 14.5. The van der Waals surface area contributed by atoms with Gasteiger partial charge >= 0.3 is 5.97 Å². The van der Waals surface area contributed by atoms with Crippen molar-refractivity contribution in [3.63, 3.8) is 0 Å². The van der Waals surface area contributed by atoms with Crippen LogP contribution >= 0.6 is 0 Å². The summed E-state index contributed by atoms with van der Waals surface area (Å²) in [6.45, 7) is 7.76. The Labute approximate surface area is 115 Å². The van der Waals surface area contributed by atoms with Crippen LogP contribution in [-0.2, 0) is 19.1 Å². The van der Waals surface area contributed by atoms with Crippen LogP contribution in [0.25, 0.3) is 0 Å². The Kier molecular flexibility index (Phi) is 5.79. The van der Waals surface area contributed by atoms with Crippen molar-refractivity contribution in [1.82, 2.24) is 5.32 Å². The van der Waals surface area contributed by atoms with E-state index < -0.39 is 17.6 Å². The quantitative estimate of drug-likeness (QED) is 0.792. The second kappa shape index (κ2) is 6.89. The van der Waals surface area contributed by atoms with Crippen LogP contribution in [0.5, 0.6) is 0 Å². The first-order valence-electron chi connectivity index (χ1n) is 6.92. The molecule has 0 aromatic carbocycles. The second-order valence-corrected chi connectivity index (χ2v) is 6.02. The van der Waals surface area contributed by atoms with E-state index in [9.17, 15) is 9.59 Å². The molecule has 1 amide bonds. The molecule has 0 saturated carbocycles. The lowest BCUT2D eigenvalue weighted by atomic mass is 10.1. The maximum Gasteiger partial charge on any atom is 0.328 e. The van der Waals surface area contributed by atoms with Gasteiger partial charge in [-0.25, -0.2) is 4.79 Å². The van der Waals surface area contributed by atoms with E-state index in [1.54, 1.807) is 27.7 Å². The Bertz CT molecular complexity index is 316. The van der Waals surface area contributed by atoms with Gasteiger partial charge in [0.2, 0.25) is 5.91 Å². The van der Waals surface area contributed by atoms with Gasteiger partial charge in [-0.3, -0.25) is 4.79 Å². The van der Waals surface area contributed by atoms with Gasteiger partial charge in [-0.2, -0.15) is 0 Å². The Morgan fingerprint density at radius 1 is 1.37 bits per heavy atom. The van der Waals surface area contributed by atoms with Crippen LogP contribution in [-0.4, -0.2) is 36.2 Å². The molecule has 0 spiro atoms. The molecule has 19 heavy (non-hydrogen) atoms. The molecular weight excluding hydrogens is 246 g/mol. The SMILES string of the molecule is C[C@H](NC(=O)CC1CCCCO1)C(=O)OC(C)(C)C. The van der Waals surface area contributed by atoms with E-state index in [-0.39, 0.29) is 12.0 Å². The highest BCUT2D eigenvalue weighted by atomic mass is 16.6. The van der Waals surface area contributed by atoms with Gasteiger partial charge in [0.1, 0.15) is 11.6 Å². The maximum atomic E-state index is 11.8. The van der Waals surface area contributed by atoms with E-state index in [4.69, 9.17) is 9.47 Å². The predicted octanol–water partition coefficient (Wildman–Crippen LogP) is 1.79. The Hall–Kier alpha value is -1.10. The van der Waals surface area contributed by atoms with E-state index in [2.05, 4.69) is 5.32 Å². The largest absolute Gasteiger partial charge is 0.458 e. The fraction of sp³-hybridized carbons (Fsp3) is 0.857. The lowest BCUT2D eigenvalue weighted by Crippen LogP contribution is -2.43. The molecule has 0 bridgehead atoms. The second-order valence-electron chi connectivity index (χ2n) is 6.02. The van der Waals surface area contributed by atoms with Crippen LogP contribution in [0.3, 0.4) is 0 Å². The first kappa shape index (κ1) is 16.0. The molecule has 5 nitrogen and oxygen atoms in total. The Morgan fingerprint density at radius 2 is 2.05 bits per heavy atom. The van der Waals surface area contributed by atoms with E-state index in [0.717, 1.165) is 25.9 Å². The van der Waals surface area contributed by atoms with Gasteiger partial charge < -0.3 is 14.8 Å². The van der Waals surface area contributed by atoms with Crippen molar-refractivity contribution >= 4 is 11.9 Å². The Balaban J connectivity index is 2.32. The monoisotopic (exact) mass is 271 g/mol. The molecule has 1 fully saturated rings. The van der Waals surface area contributed by atoms with Crippen molar-refractivity contribution in [3.8, 4) is 0 Å². The fourth-order valence-electron chi connectivity index (χ4n) is 1.92. The van der Waals surface area contributed by atoms with Crippen LogP contribution in [0.2, 0.25) is 0 Å². The number of nitrogens with one attached hydrogen (secondary N) is 1. The average Bonchev–Trinajstić information content (AvgIpc) is 2.27. The minimum Gasteiger partial charge on any atom is -0.458 e. The standard InChI is InChI=1S/C14H25NO4/c1-10(13(17)19-14(2,3)4)15-12(16)9-11-7-5-6-8-18-11/h10-11H,5-9H2,1-4H3,(H,15,16)/t10-,11?/m0/s1. The fourth-order valence-corrected chi connectivity index (χ4v) is 1.92. The number of carbonyl (C=O) groups excluding carboxylic acids is 2. The smallest absolute Gasteiger partial charge is 0.328 e. The summed E-state index contributed by atoms with van der Waals surface area (Å²) in [6.07, 6.45) is 3.37. The number of carbonyl (C=O) groups is 2. The molecule has 0 aromatic heterocycles. The van der Waals surface area contributed by atoms with Gasteiger partial charge in [0.05, 0.1) is 12.5 Å². The normalized spacial score (nSPS) is 21.6. The topological polar surface area (TPSA) is 64.6 Å². The van der Waals surface area contributed by atoms with Crippen LogP contribution in [0.4, 0.5) is 0 Å². The molecule has 0 radical (unpaired) electrons. The lowest BCUT2D eigenvalue weighted by molar-refractivity contribution is -0.158. The van der Waals surface area contributed by atoms with E-state index in [1.807, 2.05) is 0 Å². The summed E-state index contributed by atoms with van der Waals surface area (Å²) in [6, 6.07) is -0.629. The van der Waals surface area contributed by atoms with Crippen LogP contribution in [0.15, 0.2) is 0 Å². The molecule has 0 aliphatic carbocycles. The van der Waals surface area contributed by atoms with Crippen LogP contribution < -0.4 is 5.32 Å². The molecule has 2 atom stereocenters. The maximum absolute atomic E-state index is 11.8. The van der Waals surface area contributed by atoms with E-state index in [1.165, 1.54) is 0 Å². The van der Waals surface area contributed by atoms with Gasteiger partial charge in [0.15, 0.2) is 0 Å². The highest BCUT2D eigenvalue weighted by molar-refractivity contribution is 5.84. The molecule has 1 heterocycles. The van der Waals surface area contributed by atoms with Crippen molar-refractivity contribution in [2.24, 2.45) is 0 Å². The zero-order valence-corrected chi connectivity index (χ0v) is 12.3. The predicted molar refractivity (Wildman–Crippen MR) is 71.7 cm³/mol. The summed E-state index contributed by atoms with van der Waals surface area (Å²) in [4.78, 5) is 23.5. The van der Waals surface area contributed by atoms with Crippen molar-refractivity contribution in [1.29, 1.82) is 0 Å². The van der Waals surface area contributed by atoms with Gasteiger partial charge in [0, 0.05) is 6.61 Å². The lowest BCUT2D eigenvalue weighted by Gasteiger charge is -2.24. The molecule has 1 rings (SSSR count). The molecule has 1 N–H and O–H groups in total. The molecule has 1 aliphatic rings. The first-order chi connectivity index (χ1) is 8.78. The third-order valence-electron chi connectivity index (χ3n) is 2.82. The number of hydrogen-bond acceptors (Lipinski definition) is 4. The number of amides is 1. The number of hydrogen-bond donors (Lipinski definition) is 1. The van der Waals surface area contributed by atoms with E-state index in [0.29, 0.717) is 6.42 Å². The van der Waals surface area contributed by atoms with Crippen LogP contribution in [0.1, 0.15) is 53.4 Å².